The maximum absolute atomic E-state index is 10.7. The third-order valence-corrected chi connectivity index (χ3v) is 3.08. The number of nitro benzene ring substituents is 1. The maximum Gasteiger partial charge on any atom is 0.270 e. The van der Waals surface area contributed by atoms with Gasteiger partial charge in [-0.05, 0) is 18.2 Å². The smallest absolute Gasteiger partial charge is 0.270 e. The number of anilines is 1. The first-order chi connectivity index (χ1) is 9.16. The van der Waals surface area contributed by atoms with Gasteiger partial charge in [0.15, 0.2) is 0 Å². The quantitative estimate of drug-likeness (QED) is 0.529. The molecule has 0 aliphatic carbocycles. The van der Waals surface area contributed by atoms with E-state index in [2.05, 4.69) is 26.5 Å². The van der Waals surface area contributed by atoms with Crippen LogP contribution in [-0.4, -0.2) is 11.1 Å². The Morgan fingerprint density at radius 3 is 2.63 bits per heavy atom. The summed E-state index contributed by atoms with van der Waals surface area (Å²) >= 11 is 3.32. The number of hydrazone groups is 1. The van der Waals surface area contributed by atoms with E-state index in [0.29, 0.717) is 5.56 Å². The molecule has 1 N–H and O–H groups in total. The highest BCUT2D eigenvalue weighted by atomic mass is 79.9. The molecule has 0 unspecified atom stereocenters. The van der Waals surface area contributed by atoms with Crippen molar-refractivity contribution >= 4 is 33.5 Å². The van der Waals surface area contributed by atoms with Crippen molar-refractivity contribution in [2.24, 2.45) is 5.10 Å². The number of nitro groups is 1. The van der Waals surface area contributed by atoms with E-state index in [9.17, 15) is 10.1 Å². The van der Waals surface area contributed by atoms with Crippen LogP contribution in [0.2, 0.25) is 0 Å². The van der Waals surface area contributed by atoms with E-state index >= 15 is 0 Å². The van der Waals surface area contributed by atoms with Crippen LogP contribution >= 0.6 is 15.9 Å². The molecule has 0 heterocycles. The first-order valence-electron chi connectivity index (χ1n) is 5.45. The van der Waals surface area contributed by atoms with Gasteiger partial charge in [-0.3, -0.25) is 15.5 Å². The third-order valence-electron chi connectivity index (χ3n) is 2.36. The van der Waals surface area contributed by atoms with Crippen LogP contribution in [0.5, 0.6) is 0 Å². The second-order valence-corrected chi connectivity index (χ2v) is 4.55. The van der Waals surface area contributed by atoms with Crippen LogP contribution in [0.25, 0.3) is 0 Å². The molecule has 2 rings (SSSR count). The summed E-state index contributed by atoms with van der Waals surface area (Å²) in [7, 11) is 0. The monoisotopic (exact) mass is 319 g/mol. The van der Waals surface area contributed by atoms with Crippen LogP contribution < -0.4 is 5.43 Å². The molecule has 19 heavy (non-hydrogen) atoms. The zero-order valence-electron chi connectivity index (χ0n) is 9.79. The van der Waals surface area contributed by atoms with E-state index in [4.69, 9.17) is 0 Å². The summed E-state index contributed by atoms with van der Waals surface area (Å²) in [4.78, 5) is 10.3. The summed E-state index contributed by atoms with van der Waals surface area (Å²) in [6.07, 6.45) is 1.53. The van der Waals surface area contributed by atoms with Gasteiger partial charge in [0.1, 0.15) is 0 Å². The SMILES string of the molecule is O=[N+]([O-])c1ccc(Br)c(C=NNc2ccccc2)c1. The van der Waals surface area contributed by atoms with Gasteiger partial charge in [0.05, 0.1) is 16.8 Å². The molecule has 5 nitrogen and oxygen atoms in total. The Morgan fingerprint density at radius 1 is 1.21 bits per heavy atom. The fourth-order valence-corrected chi connectivity index (χ4v) is 1.78. The molecule has 0 aliphatic heterocycles. The lowest BCUT2D eigenvalue weighted by atomic mass is 10.2. The molecule has 0 aromatic heterocycles. The van der Waals surface area contributed by atoms with E-state index in [-0.39, 0.29) is 5.69 Å². The average Bonchev–Trinajstić information content (AvgIpc) is 2.42. The largest absolute Gasteiger partial charge is 0.279 e. The topological polar surface area (TPSA) is 67.5 Å². The highest BCUT2D eigenvalue weighted by Gasteiger charge is 2.07. The van der Waals surface area contributed by atoms with Crippen LogP contribution in [0.1, 0.15) is 5.56 Å². The summed E-state index contributed by atoms with van der Waals surface area (Å²) in [5.41, 5.74) is 4.36. The van der Waals surface area contributed by atoms with Crippen molar-refractivity contribution < 1.29 is 4.92 Å². The van der Waals surface area contributed by atoms with Gasteiger partial charge in [0.25, 0.3) is 5.69 Å². The van der Waals surface area contributed by atoms with Crippen molar-refractivity contribution in [3.05, 3.63) is 68.7 Å². The van der Waals surface area contributed by atoms with E-state index < -0.39 is 4.92 Å². The summed E-state index contributed by atoms with van der Waals surface area (Å²) in [5.74, 6) is 0. The molecule has 0 atom stereocenters. The fraction of sp³-hybridized carbons (Fsp3) is 0. The van der Waals surface area contributed by atoms with Crippen molar-refractivity contribution in [1.29, 1.82) is 0 Å². The number of benzene rings is 2. The molecule has 96 valence electrons. The molecule has 0 bridgehead atoms. The van der Waals surface area contributed by atoms with Gasteiger partial charge in [-0.2, -0.15) is 5.10 Å². The van der Waals surface area contributed by atoms with Crippen LogP contribution in [0.3, 0.4) is 0 Å². The number of hydrogen-bond acceptors (Lipinski definition) is 4. The van der Waals surface area contributed by atoms with E-state index in [1.54, 1.807) is 6.07 Å². The van der Waals surface area contributed by atoms with Gasteiger partial charge in [0.2, 0.25) is 0 Å². The lowest BCUT2D eigenvalue weighted by molar-refractivity contribution is -0.384. The number of nitrogens with one attached hydrogen (secondary N) is 1. The molecular weight excluding hydrogens is 310 g/mol. The highest BCUT2D eigenvalue weighted by molar-refractivity contribution is 9.10. The lowest BCUT2D eigenvalue weighted by Crippen LogP contribution is -1.93. The number of hydrogen-bond donors (Lipinski definition) is 1. The third kappa shape index (κ3) is 3.62. The number of para-hydroxylation sites is 1. The van der Waals surface area contributed by atoms with Crippen molar-refractivity contribution in [2.75, 3.05) is 5.43 Å². The Balaban J connectivity index is 2.14. The average molecular weight is 320 g/mol. The summed E-state index contributed by atoms with van der Waals surface area (Å²) in [6, 6.07) is 14.0. The summed E-state index contributed by atoms with van der Waals surface area (Å²) in [6.45, 7) is 0. The summed E-state index contributed by atoms with van der Waals surface area (Å²) < 4.78 is 0.747. The molecule has 2 aromatic rings. The molecule has 0 saturated heterocycles. The van der Waals surface area contributed by atoms with Crippen molar-refractivity contribution in [3.8, 4) is 0 Å². The Morgan fingerprint density at radius 2 is 1.95 bits per heavy atom. The molecule has 2 aromatic carbocycles. The Labute approximate surface area is 118 Å². The second kappa shape index (κ2) is 6.10. The van der Waals surface area contributed by atoms with Crippen molar-refractivity contribution in [3.63, 3.8) is 0 Å². The van der Waals surface area contributed by atoms with Crippen LogP contribution in [0.15, 0.2) is 58.1 Å². The number of halogens is 1. The molecule has 0 fully saturated rings. The first-order valence-corrected chi connectivity index (χ1v) is 6.24. The predicted molar refractivity (Wildman–Crippen MR) is 78.5 cm³/mol. The zero-order valence-corrected chi connectivity index (χ0v) is 11.4. The van der Waals surface area contributed by atoms with E-state index in [1.165, 1.54) is 18.3 Å². The number of non-ortho nitro benzene ring substituents is 1. The molecule has 0 aliphatic rings. The number of nitrogens with zero attached hydrogens (tertiary/aromatic N) is 2. The Kier molecular flexibility index (Phi) is 4.25. The van der Waals surface area contributed by atoms with Gasteiger partial charge in [0, 0.05) is 22.2 Å². The van der Waals surface area contributed by atoms with Gasteiger partial charge in [-0.1, -0.05) is 34.1 Å². The zero-order chi connectivity index (χ0) is 13.7. The van der Waals surface area contributed by atoms with Crippen LogP contribution in [0, 0.1) is 10.1 Å². The van der Waals surface area contributed by atoms with Gasteiger partial charge < -0.3 is 0 Å². The lowest BCUT2D eigenvalue weighted by Gasteiger charge is -2.00. The van der Waals surface area contributed by atoms with Crippen LogP contribution in [-0.2, 0) is 0 Å². The van der Waals surface area contributed by atoms with Gasteiger partial charge >= 0.3 is 0 Å². The minimum Gasteiger partial charge on any atom is -0.279 e. The molecular formula is C13H10BrN3O2. The highest BCUT2D eigenvalue weighted by Crippen LogP contribution is 2.21. The van der Waals surface area contributed by atoms with Gasteiger partial charge in [-0.25, -0.2) is 0 Å². The molecule has 0 amide bonds. The first kappa shape index (κ1) is 13.2. The van der Waals surface area contributed by atoms with Crippen molar-refractivity contribution in [2.45, 2.75) is 0 Å². The maximum atomic E-state index is 10.7. The summed E-state index contributed by atoms with van der Waals surface area (Å²) in [5, 5.41) is 14.7. The number of rotatable bonds is 4. The van der Waals surface area contributed by atoms with Crippen molar-refractivity contribution in [1.82, 2.24) is 0 Å². The molecule has 0 saturated carbocycles. The van der Waals surface area contributed by atoms with Gasteiger partial charge in [-0.15, -0.1) is 0 Å². The minimum atomic E-state index is -0.436. The fourth-order valence-electron chi connectivity index (χ4n) is 1.43. The Bertz CT molecular complexity index is 615. The molecule has 0 radical (unpaired) electrons. The molecule has 0 spiro atoms. The minimum absolute atomic E-state index is 0.0318. The van der Waals surface area contributed by atoms with E-state index in [0.717, 1.165) is 10.2 Å². The predicted octanol–water partition coefficient (Wildman–Crippen LogP) is 3.80. The van der Waals surface area contributed by atoms with E-state index in [1.807, 2.05) is 30.3 Å². The Hall–Kier alpha value is -2.21. The standard InChI is InChI=1S/C13H10BrN3O2/c14-13-7-6-12(17(18)19)8-10(13)9-15-16-11-4-2-1-3-5-11/h1-9,16H. The normalized spacial score (nSPS) is 10.6. The second-order valence-electron chi connectivity index (χ2n) is 3.70. The molecule has 6 heteroatoms. The van der Waals surface area contributed by atoms with Crippen LogP contribution in [0.4, 0.5) is 11.4 Å².